The van der Waals surface area contributed by atoms with Crippen molar-refractivity contribution in [1.82, 2.24) is 20.3 Å². The summed E-state index contributed by atoms with van der Waals surface area (Å²) in [5.41, 5.74) is -1.31. The van der Waals surface area contributed by atoms with Gasteiger partial charge in [-0.25, -0.2) is 4.72 Å². The predicted octanol–water partition coefficient (Wildman–Crippen LogP) is 2.55. The summed E-state index contributed by atoms with van der Waals surface area (Å²) in [7, 11) is -4.39. The Kier molecular flexibility index (Phi) is 10.0. The number of nitrogens with zero attached hydrogens (tertiary/aromatic N) is 3. The lowest BCUT2D eigenvalue weighted by Gasteiger charge is -2.51. The number of benzene rings is 2. The Bertz CT molecular complexity index is 1720. The molecule has 246 valence electrons. The minimum atomic E-state index is -4.39. The van der Waals surface area contributed by atoms with Crippen LogP contribution in [0.1, 0.15) is 73.7 Å². The summed E-state index contributed by atoms with van der Waals surface area (Å²) in [6, 6.07) is 11.5. The maximum Gasteiger partial charge on any atom is 0.280 e. The smallest absolute Gasteiger partial charge is 0.280 e. The van der Waals surface area contributed by atoms with Gasteiger partial charge in [0.05, 0.1) is 12.0 Å². The van der Waals surface area contributed by atoms with Crippen LogP contribution in [0.2, 0.25) is 5.02 Å². The molecule has 4 amide bonds. The summed E-state index contributed by atoms with van der Waals surface area (Å²) in [4.78, 5) is 52.8. The fourth-order valence-electron chi connectivity index (χ4n) is 5.50. The molecule has 2 aromatic carbocycles. The Morgan fingerprint density at radius 3 is 2.22 bits per heavy atom. The standard InChI is InChI=1S/C31H37ClN6O7S/c1-18(2)26(29(42)38-14-13-31(43,30(4,5)17-38)22-9-11-23(32)12-10-22)34-27(40)20-7-6-8-21(15-20)28(41)37-46(44,45)25-16-24(35-36-25)33-19(3)39/h6-12,15,18,26,43H,13-14,16-17H2,1-5H3,(H,34,40)(H,37,41)(H,33,35,39)/t26-,31+/m1/s1. The van der Waals surface area contributed by atoms with Crippen molar-refractivity contribution in [2.45, 2.75) is 59.1 Å². The molecule has 2 aliphatic heterocycles. The predicted molar refractivity (Wildman–Crippen MR) is 173 cm³/mol. The van der Waals surface area contributed by atoms with Crippen molar-refractivity contribution in [3.8, 4) is 0 Å². The van der Waals surface area contributed by atoms with Crippen molar-refractivity contribution in [1.29, 1.82) is 0 Å². The number of carbonyl (C=O) groups is 4. The minimum absolute atomic E-state index is 0.0265. The van der Waals surface area contributed by atoms with Gasteiger partial charge in [0.25, 0.3) is 21.8 Å². The van der Waals surface area contributed by atoms with E-state index < -0.39 is 49.8 Å². The number of hydrogen-bond donors (Lipinski definition) is 4. The normalized spacial score (nSPS) is 20.0. The highest BCUT2D eigenvalue weighted by Gasteiger charge is 2.50. The number of amidine groups is 1. The summed E-state index contributed by atoms with van der Waals surface area (Å²) < 4.78 is 27.3. The number of piperidine rings is 1. The van der Waals surface area contributed by atoms with Gasteiger partial charge in [-0.2, -0.15) is 8.42 Å². The number of carbonyl (C=O) groups excluding carboxylic acids is 4. The maximum atomic E-state index is 13.8. The van der Waals surface area contributed by atoms with Gasteiger partial charge in [-0.1, -0.05) is 57.5 Å². The zero-order valence-corrected chi connectivity index (χ0v) is 27.7. The largest absolute Gasteiger partial charge is 0.384 e. The third-order valence-corrected chi connectivity index (χ3v) is 9.70. The molecule has 2 atom stereocenters. The van der Waals surface area contributed by atoms with E-state index in [4.69, 9.17) is 11.6 Å². The molecule has 0 aromatic heterocycles. The Balaban J connectivity index is 1.43. The van der Waals surface area contributed by atoms with E-state index in [2.05, 4.69) is 20.8 Å². The van der Waals surface area contributed by atoms with Crippen LogP contribution in [-0.4, -0.2) is 72.1 Å². The average Bonchev–Trinajstić information content (AvgIpc) is 3.46. The van der Waals surface area contributed by atoms with Gasteiger partial charge in [-0.05, 0) is 48.2 Å². The lowest BCUT2D eigenvalue weighted by atomic mass is 9.66. The number of halogens is 1. The highest BCUT2D eigenvalue weighted by molar-refractivity contribution is 8.05. The minimum Gasteiger partial charge on any atom is -0.384 e. The van der Waals surface area contributed by atoms with E-state index in [0.29, 0.717) is 10.6 Å². The van der Waals surface area contributed by atoms with E-state index in [0.717, 1.165) is 0 Å². The van der Waals surface area contributed by atoms with Crippen molar-refractivity contribution in [2.75, 3.05) is 13.1 Å². The van der Waals surface area contributed by atoms with Crippen LogP contribution in [0.3, 0.4) is 0 Å². The van der Waals surface area contributed by atoms with Crippen molar-refractivity contribution in [3.63, 3.8) is 0 Å². The summed E-state index contributed by atoms with van der Waals surface area (Å²) in [6.45, 7) is 9.08. The second-order valence-corrected chi connectivity index (χ2v) is 14.5. The van der Waals surface area contributed by atoms with Crippen LogP contribution in [-0.2, 0) is 25.2 Å². The third kappa shape index (κ3) is 7.45. The van der Waals surface area contributed by atoms with Crippen molar-refractivity contribution >= 4 is 56.1 Å². The molecule has 1 fully saturated rings. The number of rotatable bonds is 6. The van der Waals surface area contributed by atoms with Gasteiger partial charge >= 0.3 is 0 Å². The number of hydrogen-bond acceptors (Lipinski definition) is 9. The van der Waals surface area contributed by atoms with Crippen LogP contribution in [0.5, 0.6) is 0 Å². The van der Waals surface area contributed by atoms with E-state index in [-0.39, 0.29) is 54.7 Å². The van der Waals surface area contributed by atoms with Gasteiger partial charge in [0.2, 0.25) is 11.8 Å². The van der Waals surface area contributed by atoms with E-state index >= 15 is 0 Å². The molecular weight excluding hydrogens is 636 g/mol. The lowest BCUT2D eigenvalue weighted by Crippen LogP contribution is -2.60. The average molecular weight is 673 g/mol. The van der Waals surface area contributed by atoms with Crippen LogP contribution in [0.25, 0.3) is 0 Å². The van der Waals surface area contributed by atoms with E-state index in [1.807, 2.05) is 18.6 Å². The molecule has 46 heavy (non-hydrogen) atoms. The van der Waals surface area contributed by atoms with Crippen LogP contribution in [0.15, 0.2) is 58.7 Å². The lowest BCUT2D eigenvalue weighted by molar-refractivity contribution is -0.155. The van der Waals surface area contributed by atoms with E-state index in [1.54, 1.807) is 43.0 Å². The van der Waals surface area contributed by atoms with Crippen molar-refractivity contribution < 1.29 is 32.7 Å². The summed E-state index contributed by atoms with van der Waals surface area (Å²) >= 11 is 6.04. The Labute approximate surface area is 272 Å². The molecule has 4 N–H and O–H groups in total. The first-order valence-corrected chi connectivity index (χ1v) is 16.5. The third-order valence-electron chi connectivity index (χ3n) is 8.15. The second kappa shape index (κ2) is 13.3. The fraction of sp³-hybridized carbons (Fsp3) is 0.419. The molecule has 0 bridgehead atoms. The second-order valence-electron chi connectivity index (χ2n) is 12.4. The number of likely N-dealkylation sites (tertiary alicyclic amines) is 1. The van der Waals surface area contributed by atoms with Gasteiger partial charge in [0.15, 0.2) is 5.04 Å². The zero-order chi connectivity index (χ0) is 34.0. The molecule has 0 unspecified atom stereocenters. The molecule has 13 nitrogen and oxygen atoms in total. The molecule has 0 spiro atoms. The van der Waals surface area contributed by atoms with Crippen molar-refractivity contribution in [3.05, 3.63) is 70.2 Å². The molecule has 2 aromatic rings. The highest BCUT2D eigenvalue weighted by atomic mass is 35.5. The highest BCUT2D eigenvalue weighted by Crippen LogP contribution is 2.46. The molecule has 1 saturated heterocycles. The van der Waals surface area contributed by atoms with Gasteiger partial charge in [-0.3, -0.25) is 19.2 Å². The van der Waals surface area contributed by atoms with Crippen LogP contribution in [0, 0.1) is 11.3 Å². The first-order valence-electron chi connectivity index (χ1n) is 14.6. The molecule has 15 heteroatoms. The fourth-order valence-corrected chi connectivity index (χ4v) is 6.58. The topological polar surface area (TPSA) is 187 Å². The maximum absolute atomic E-state index is 13.8. The molecule has 0 radical (unpaired) electrons. The number of nitrogens with one attached hydrogen (secondary N) is 3. The summed E-state index contributed by atoms with van der Waals surface area (Å²) in [6.07, 6.45) is -0.0246. The quantitative estimate of drug-likeness (QED) is 0.363. The first-order chi connectivity index (χ1) is 21.4. The molecule has 2 heterocycles. The Morgan fingerprint density at radius 1 is 1.00 bits per heavy atom. The Hall–Kier alpha value is -4.14. The van der Waals surface area contributed by atoms with Crippen LogP contribution in [0.4, 0.5) is 0 Å². The number of amides is 4. The summed E-state index contributed by atoms with van der Waals surface area (Å²) in [5, 5.41) is 24.1. The molecular formula is C31H37ClN6O7S. The van der Waals surface area contributed by atoms with Gasteiger partial charge in [0.1, 0.15) is 11.9 Å². The van der Waals surface area contributed by atoms with Gasteiger partial charge in [-0.15, -0.1) is 10.2 Å². The van der Waals surface area contributed by atoms with Crippen molar-refractivity contribution in [2.24, 2.45) is 21.5 Å². The number of aliphatic hydroxyl groups is 1. The van der Waals surface area contributed by atoms with E-state index in [1.165, 1.54) is 31.2 Å². The zero-order valence-electron chi connectivity index (χ0n) is 26.1. The molecule has 0 saturated carbocycles. The number of sulfonamides is 1. The Morgan fingerprint density at radius 2 is 1.63 bits per heavy atom. The van der Waals surface area contributed by atoms with Gasteiger partial charge in [0, 0.05) is 41.6 Å². The molecule has 4 rings (SSSR count). The molecule has 0 aliphatic carbocycles. The van der Waals surface area contributed by atoms with Crippen LogP contribution >= 0.6 is 11.6 Å². The first kappa shape index (κ1) is 34.7. The van der Waals surface area contributed by atoms with Gasteiger partial charge < -0.3 is 20.6 Å². The monoisotopic (exact) mass is 672 g/mol. The SMILES string of the molecule is CC(=O)NC1=NN=C(S(=O)(=O)NC(=O)c2cccc(C(=O)N[C@@H](C(=O)N3CC[C@](O)(c4ccc(Cl)cc4)C(C)(C)C3)C(C)C)c2)C1. The molecule has 2 aliphatic rings. The van der Waals surface area contributed by atoms with Crippen LogP contribution < -0.4 is 15.4 Å². The summed E-state index contributed by atoms with van der Waals surface area (Å²) in [5.74, 6) is -2.68. The van der Waals surface area contributed by atoms with E-state index in [9.17, 15) is 32.7 Å².